The van der Waals surface area contributed by atoms with Crippen LogP contribution in [0.15, 0.2) is 24.3 Å². The Labute approximate surface area is 204 Å². The van der Waals surface area contributed by atoms with E-state index in [0.717, 1.165) is 67.8 Å². The quantitative estimate of drug-likeness (QED) is 0.609. The molecule has 0 aliphatic carbocycles. The summed E-state index contributed by atoms with van der Waals surface area (Å²) in [6.07, 6.45) is 2.07. The number of carboxylic acid groups (broad SMARTS) is 1. The van der Waals surface area contributed by atoms with Crippen molar-refractivity contribution in [2.75, 3.05) is 19.8 Å². The molecule has 2 aliphatic heterocycles. The molecule has 2 heterocycles. The van der Waals surface area contributed by atoms with Crippen molar-refractivity contribution in [2.24, 2.45) is 0 Å². The van der Waals surface area contributed by atoms with E-state index in [1.165, 1.54) is 22.3 Å². The predicted octanol–water partition coefficient (Wildman–Crippen LogP) is 5.76. The van der Waals surface area contributed by atoms with Gasteiger partial charge < -0.3 is 14.6 Å². The van der Waals surface area contributed by atoms with Crippen molar-refractivity contribution in [3.05, 3.63) is 57.6 Å². The molecule has 184 valence electrons. The Morgan fingerprint density at radius 2 is 1.71 bits per heavy atom. The Kier molecular flexibility index (Phi) is 7.18. The fourth-order valence-corrected chi connectivity index (χ4v) is 5.61. The fraction of sp³-hybridized carbons (Fsp3) is 0.552. The molecule has 0 bridgehead atoms. The Morgan fingerprint density at radius 1 is 1.06 bits per heavy atom. The number of nitrogens with zero attached hydrogens (tertiary/aromatic N) is 1. The van der Waals surface area contributed by atoms with Crippen LogP contribution in [0.4, 0.5) is 0 Å². The van der Waals surface area contributed by atoms with Crippen LogP contribution < -0.4 is 0 Å². The van der Waals surface area contributed by atoms with E-state index in [1.807, 2.05) is 20.8 Å². The van der Waals surface area contributed by atoms with Crippen molar-refractivity contribution in [1.82, 2.24) is 4.90 Å². The van der Waals surface area contributed by atoms with E-state index in [1.54, 1.807) is 0 Å². The lowest BCUT2D eigenvalue weighted by molar-refractivity contribution is -0.160. The smallest absolute Gasteiger partial charge is 0.337 e. The van der Waals surface area contributed by atoms with E-state index >= 15 is 0 Å². The van der Waals surface area contributed by atoms with Gasteiger partial charge in [-0.25, -0.2) is 4.79 Å². The summed E-state index contributed by atoms with van der Waals surface area (Å²) in [6, 6.07) is 8.98. The van der Waals surface area contributed by atoms with Crippen LogP contribution in [0.1, 0.15) is 73.1 Å². The standard InChI is InChI=1S/C29H39NO4/c1-18-7-9-21(10-8-18)25-20(3)24-17-30(22-12-15-33-16-13-22)14-11-23(24)19(2)26(25)27(28(31)32)34-29(4,5)6/h7-10,22,27H,11-17H2,1-6H3,(H,31,32)/t27-/m0/s1. The molecule has 0 aromatic heterocycles. The van der Waals surface area contributed by atoms with Crippen molar-refractivity contribution < 1.29 is 19.4 Å². The maximum Gasteiger partial charge on any atom is 0.337 e. The third-order valence-corrected chi connectivity index (χ3v) is 7.33. The highest BCUT2D eigenvalue weighted by Crippen LogP contribution is 2.43. The van der Waals surface area contributed by atoms with Crippen LogP contribution in [0.2, 0.25) is 0 Å². The van der Waals surface area contributed by atoms with Gasteiger partial charge in [0.05, 0.1) is 5.60 Å². The van der Waals surface area contributed by atoms with Gasteiger partial charge in [-0.05, 0) is 94.2 Å². The summed E-state index contributed by atoms with van der Waals surface area (Å²) in [7, 11) is 0. The molecule has 5 heteroatoms. The minimum absolute atomic E-state index is 0.556. The molecule has 1 N–H and O–H groups in total. The van der Waals surface area contributed by atoms with Crippen LogP contribution in [-0.4, -0.2) is 47.4 Å². The summed E-state index contributed by atoms with van der Waals surface area (Å²) < 4.78 is 11.8. The van der Waals surface area contributed by atoms with E-state index in [-0.39, 0.29) is 0 Å². The largest absolute Gasteiger partial charge is 0.479 e. The summed E-state index contributed by atoms with van der Waals surface area (Å²) >= 11 is 0. The first-order valence-corrected chi connectivity index (χ1v) is 12.5. The van der Waals surface area contributed by atoms with E-state index in [4.69, 9.17) is 9.47 Å². The van der Waals surface area contributed by atoms with Crippen LogP contribution in [0.3, 0.4) is 0 Å². The van der Waals surface area contributed by atoms with Gasteiger partial charge in [0.2, 0.25) is 0 Å². The third-order valence-electron chi connectivity index (χ3n) is 7.33. The number of rotatable bonds is 5. The molecule has 4 rings (SSSR count). The number of carboxylic acids is 1. The topological polar surface area (TPSA) is 59.0 Å². The highest BCUT2D eigenvalue weighted by molar-refractivity contribution is 5.84. The molecule has 0 spiro atoms. The van der Waals surface area contributed by atoms with Crippen LogP contribution in [0.25, 0.3) is 11.1 Å². The highest BCUT2D eigenvalue weighted by Gasteiger charge is 2.35. The number of hydrogen-bond acceptors (Lipinski definition) is 4. The lowest BCUT2D eigenvalue weighted by Crippen LogP contribution is -2.43. The van der Waals surface area contributed by atoms with Gasteiger partial charge in [-0.2, -0.15) is 0 Å². The number of ether oxygens (including phenoxy) is 2. The second kappa shape index (κ2) is 9.80. The molecule has 1 fully saturated rings. The number of benzene rings is 2. The Balaban J connectivity index is 1.89. The normalized spacial score (nSPS) is 18.5. The van der Waals surface area contributed by atoms with Gasteiger partial charge in [-0.1, -0.05) is 29.8 Å². The zero-order chi connectivity index (χ0) is 24.6. The monoisotopic (exact) mass is 465 g/mol. The summed E-state index contributed by atoms with van der Waals surface area (Å²) in [6.45, 7) is 15.7. The van der Waals surface area contributed by atoms with Gasteiger partial charge in [0.25, 0.3) is 0 Å². The van der Waals surface area contributed by atoms with Crippen LogP contribution in [-0.2, 0) is 27.2 Å². The van der Waals surface area contributed by atoms with Crippen LogP contribution >= 0.6 is 0 Å². The summed E-state index contributed by atoms with van der Waals surface area (Å²) in [5.41, 5.74) is 8.39. The molecule has 0 saturated carbocycles. The first-order valence-electron chi connectivity index (χ1n) is 12.5. The minimum Gasteiger partial charge on any atom is -0.479 e. The van der Waals surface area contributed by atoms with Gasteiger partial charge in [0.15, 0.2) is 6.10 Å². The summed E-state index contributed by atoms with van der Waals surface area (Å²) in [4.78, 5) is 15.2. The van der Waals surface area contributed by atoms with E-state index in [0.29, 0.717) is 6.04 Å². The number of carbonyl (C=O) groups is 1. The molecule has 34 heavy (non-hydrogen) atoms. The minimum atomic E-state index is -1.02. The zero-order valence-electron chi connectivity index (χ0n) is 21.5. The van der Waals surface area contributed by atoms with Crippen LogP contribution in [0.5, 0.6) is 0 Å². The molecule has 2 aromatic rings. The van der Waals surface area contributed by atoms with Crippen molar-refractivity contribution in [2.45, 2.75) is 85.1 Å². The molecule has 2 aliphatic rings. The maximum absolute atomic E-state index is 12.6. The molecule has 5 nitrogen and oxygen atoms in total. The van der Waals surface area contributed by atoms with Crippen molar-refractivity contribution in [3.8, 4) is 11.1 Å². The maximum atomic E-state index is 12.6. The average molecular weight is 466 g/mol. The lowest BCUT2D eigenvalue weighted by Gasteiger charge is -2.40. The van der Waals surface area contributed by atoms with Gasteiger partial charge in [-0.15, -0.1) is 0 Å². The molecule has 0 unspecified atom stereocenters. The number of aryl methyl sites for hydroxylation is 1. The number of aliphatic carboxylic acids is 1. The molecule has 2 aromatic carbocycles. The van der Waals surface area contributed by atoms with E-state index in [2.05, 4.69) is 49.9 Å². The zero-order valence-corrected chi connectivity index (χ0v) is 21.5. The Bertz CT molecular complexity index is 1050. The van der Waals surface area contributed by atoms with E-state index in [9.17, 15) is 9.90 Å². The van der Waals surface area contributed by atoms with Crippen molar-refractivity contribution >= 4 is 5.97 Å². The second-order valence-corrected chi connectivity index (χ2v) is 10.9. The van der Waals surface area contributed by atoms with Gasteiger partial charge in [-0.3, -0.25) is 4.90 Å². The molecule has 1 atom stereocenters. The Hall–Kier alpha value is -2.21. The lowest BCUT2D eigenvalue weighted by atomic mass is 9.79. The van der Waals surface area contributed by atoms with Gasteiger partial charge in [0, 0.05) is 37.9 Å². The first kappa shape index (κ1) is 24.9. The van der Waals surface area contributed by atoms with Crippen LogP contribution in [0, 0.1) is 20.8 Å². The van der Waals surface area contributed by atoms with Crippen molar-refractivity contribution in [1.29, 1.82) is 0 Å². The predicted molar refractivity (Wildman–Crippen MR) is 135 cm³/mol. The molecular formula is C29H39NO4. The van der Waals surface area contributed by atoms with Crippen molar-refractivity contribution in [3.63, 3.8) is 0 Å². The van der Waals surface area contributed by atoms with Gasteiger partial charge >= 0.3 is 5.97 Å². The van der Waals surface area contributed by atoms with Gasteiger partial charge in [0.1, 0.15) is 0 Å². The number of fused-ring (bicyclic) bond motifs is 1. The molecule has 0 radical (unpaired) electrons. The highest BCUT2D eigenvalue weighted by atomic mass is 16.5. The van der Waals surface area contributed by atoms with E-state index < -0.39 is 17.7 Å². The Morgan fingerprint density at radius 3 is 2.29 bits per heavy atom. The second-order valence-electron chi connectivity index (χ2n) is 10.9. The number of hydrogen-bond donors (Lipinski definition) is 1. The molecule has 0 amide bonds. The molecule has 1 saturated heterocycles. The summed E-state index contributed by atoms with van der Waals surface area (Å²) in [5, 5.41) is 10.3. The average Bonchev–Trinajstić information content (AvgIpc) is 2.80. The molecular weight excluding hydrogens is 426 g/mol. The first-order chi connectivity index (χ1) is 16.1. The fourth-order valence-electron chi connectivity index (χ4n) is 5.61. The SMILES string of the molecule is Cc1ccc(-c2c(C)c3c(c(C)c2[C@H](OC(C)(C)C)C(=O)O)CCN(C2CCOCC2)C3)cc1. The summed E-state index contributed by atoms with van der Waals surface area (Å²) in [5.74, 6) is -0.939. The third kappa shape index (κ3) is 5.07.